The Bertz CT molecular complexity index is 657. The van der Waals surface area contributed by atoms with E-state index in [9.17, 15) is 0 Å². The summed E-state index contributed by atoms with van der Waals surface area (Å²) in [7, 11) is 1.70. The molecule has 2 aromatic carbocycles. The highest BCUT2D eigenvalue weighted by Gasteiger charge is 2.19. The second-order valence-electron chi connectivity index (χ2n) is 5.34. The van der Waals surface area contributed by atoms with Crippen LogP contribution in [0, 0.1) is 0 Å². The van der Waals surface area contributed by atoms with Gasteiger partial charge in [0.05, 0.1) is 17.8 Å². The number of anilines is 1. The van der Waals surface area contributed by atoms with Crippen LogP contribution in [0.5, 0.6) is 5.75 Å². The number of methoxy groups -OCH3 is 1. The van der Waals surface area contributed by atoms with Gasteiger partial charge in [-0.1, -0.05) is 29.3 Å². The summed E-state index contributed by atoms with van der Waals surface area (Å²) >= 11 is 12.2. The predicted octanol–water partition coefficient (Wildman–Crippen LogP) is 4.97. The molecule has 0 fully saturated rings. The molecule has 0 bridgehead atoms. The van der Waals surface area contributed by atoms with E-state index in [0.29, 0.717) is 16.1 Å². The molecule has 2 nitrogen and oxygen atoms in total. The number of aryl methyl sites for hydroxylation is 1. The maximum absolute atomic E-state index is 6.23. The lowest BCUT2D eigenvalue weighted by molar-refractivity contribution is 0.413. The third kappa shape index (κ3) is 3.28. The van der Waals surface area contributed by atoms with Crippen molar-refractivity contribution in [1.82, 2.24) is 0 Å². The number of hydrogen-bond donors (Lipinski definition) is 1. The minimum atomic E-state index is 0.378. The Morgan fingerprint density at radius 1 is 1.10 bits per heavy atom. The lowest BCUT2D eigenvalue weighted by Gasteiger charge is -2.27. The van der Waals surface area contributed by atoms with Crippen LogP contribution < -0.4 is 10.1 Å². The summed E-state index contributed by atoms with van der Waals surface area (Å²) in [6, 6.07) is 12.3. The number of halogens is 2. The van der Waals surface area contributed by atoms with Crippen LogP contribution in [0.2, 0.25) is 10.0 Å². The smallest absolute Gasteiger partial charge is 0.119 e. The van der Waals surface area contributed by atoms with Gasteiger partial charge in [0.2, 0.25) is 0 Å². The zero-order valence-electron chi connectivity index (χ0n) is 11.8. The highest BCUT2D eigenvalue weighted by Crippen LogP contribution is 2.30. The fourth-order valence-electron chi connectivity index (χ4n) is 2.81. The average Bonchev–Trinajstić information content (AvgIpc) is 2.49. The number of fused-ring (bicyclic) bond motifs is 1. The molecule has 3 rings (SSSR count). The molecule has 2 aromatic rings. The molecular formula is C17H17Cl2NO. The van der Waals surface area contributed by atoms with Crippen LogP contribution in [0.4, 0.5) is 5.69 Å². The van der Waals surface area contributed by atoms with Crippen molar-refractivity contribution >= 4 is 28.9 Å². The van der Waals surface area contributed by atoms with Crippen molar-refractivity contribution in [2.45, 2.75) is 25.3 Å². The maximum Gasteiger partial charge on any atom is 0.119 e. The number of nitrogens with one attached hydrogen (secondary N) is 1. The van der Waals surface area contributed by atoms with Crippen molar-refractivity contribution in [3.05, 3.63) is 57.6 Å². The highest BCUT2D eigenvalue weighted by atomic mass is 35.5. The van der Waals surface area contributed by atoms with Crippen molar-refractivity contribution in [2.75, 3.05) is 12.4 Å². The predicted molar refractivity (Wildman–Crippen MR) is 88.9 cm³/mol. The summed E-state index contributed by atoms with van der Waals surface area (Å²) in [6.07, 6.45) is 3.14. The molecule has 0 saturated heterocycles. The van der Waals surface area contributed by atoms with Gasteiger partial charge in [0.15, 0.2) is 0 Å². The normalized spacial score (nSPS) is 17.2. The Kier molecular flexibility index (Phi) is 4.27. The van der Waals surface area contributed by atoms with Gasteiger partial charge in [-0.25, -0.2) is 0 Å². The van der Waals surface area contributed by atoms with Gasteiger partial charge in [-0.2, -0.15) is 0 Å². The van der Waals surface area contributed by atoms with Gasteiger partial charge in [-0.3, -0.25) is 0 Å². The van der Waals surface area contributed by atoms with Gasteiger partial charge in [0.1, 0.15) is 5.75 Å². The van der Waals surface area contributed by atoms with Crippen molar-refractivity contribution < 1.29 is 4.74 Å². The Labute approximate surface area is 135 Å². The number of rotatable bonds is 3. The third-order valence-electron chi connectivity index (χ3n) is 3.93. The molecule has 0 aliphatic heterocycles. The molecule has 4 heteroatoms. The van der Waals surface area contributed by atoms with Crippen molar-refractivity contribution in [1.29, 1.82) is 0 Å². The van der Waals surface area contributed by atoms with Gasteiger partial charge in [0, 0.05) is 11.1 Å². The second kappa shape index (κ2) is 6.17. The molecule has 1 aliphatic carbocycles. The molecule has 0 spiro atoms. The highest BCUT2D eigenvalue weighted by molar-refractivity contribution is 6.36. The Morgan fingerprint density at radius 3 is 2.71 bits per heavy atom. The fourth-order valence-corrected chi connectivity index (χ4v) is 3.27. The topological polar surface area (TPSA) is 21.3 Å². The molecule has 1 atom stereocenters. The van der Waals surface area contributed by atoms with Crippen molar-refractivity contribution in [2.24, 2.45) is 0 Å². The summed E-state index contributed by atoms with van der Waals surface area (Å²) in [6.45, 7) is 0. The Morgan fingerprint density at radius 2 is 1.95 bits per heavy atom. The summed E-state index contributed by atoms with van der Waals surface area (Å²) in [5.41, 5.74) is 3.71. The monoisotopic (exact) mass is 321 g/mol. The summed E-state index contributed by atoms with van der Waals surface area (Å²) in [4.78, 5) is 0. The first-order chi connectivity index (χ1) is 10.2. The second-order valence-corrected chi connectivity index (χ2v) is 6.19. The van der Waals surface area contributed by atoms with Crippen LogP contribution in [0.15, 0.2) is 36.4 Å². The molecular weight excluding hydrogens is 305 g/mol. The van der Waals surface area contributed by atoms with Gasteiger partial charge >= 0.3 is 0 Å². The van der Waals surface area contributed by atoms with E-state index in [4.69, 9.17) is 27.9 Å². The molecule has 0 amide bonds. The van der Waals surface area contributed by atoms with Crippen molar-refractivity contribution in [3.63, 3.8) is 0 Å². The molecule has 1 N–H and O–H groups in total. The van der Waals surface area contributed by atoms with E-state index in [2.05, 4.69) is 17.4 Å². The van der Waals surface area contributed by atoms with Crippen LogP contribution in [-0.2, 0) is 12.8 Å². The van der Waals surface area contributed by atoms with Gasteiger partial charge < -0.3 is 10.1 Å². The Balaban J connectivity index is 1.76. The first-order valence-corrected chi connectivity index (χ1v) is 7.78. The molecule has 0 heterocycles. The molecule has 0 aromatic heterocycles. The summed E-state index contributed by atoms with van der Waals surface area (Å²) in [5.74, 6) is 0.916. The lowest BCUT2D eigenvalue weighted by atomic mass is 9.88. The lowest BCUT2D eigenvalue weighted by Crippen LogP contribution is -2.27. The van der Waals surface area contributed by atoms with Crippen LogP contribution in [0.25, 0.3) is 0 Å². The van der Waals surface area contributed by atoms with Crippen LogP contribution in [0.3, 0.4) is 0 Å². The zero-order chi connectivity index (χ0) is 14.8. The summed E-state index contributed by atoms with van der Waals surface area (Å²) < 4.78 is 5.31. The first-order valence-electron chi connectivity index (χ1n) is 7.03. The van der Waals surface area contributed by atoms with Crippen molar-refractivity contribution in [3.8, 4) is 5.75 Å². The number of hydrogen-bond acceptors (Lipinski definition) is 2. The van der Waals surface area contributed by atoms with E-state index in [0.717, 1.165) is 30.7 Å². The largest absolute Gasteiger partial charge is 0.497 e. The molecule has 21 heavy (non-hydrogen) atoms. The van der Waals surface area contributed by atoms with E-state index in [-0.39, 0.29) is 0 Å². The minimum absolute atomic E-state index is 0.378. The average molecular weight is 322 g/mol. The van der Waals surface area contributed by atoms with Crippen LogP contribution in [-0.4, -0.2) is 13.2 Å². The van der Waals surface area contributed by atoms with Gasteiger partial charge in [-0.05, 0) is 60.7 Å². The van der Waals surface area contributed by atoms with E-state index in [1.165, 1.54) is 11.1 Å². The first kappa shape index (κ1) is 14.6. The molecule has 1 aliphatic rings. The SMILES string of the molecule is COc1ccc2c(c1)CC(Nc1ccc(Cl)cc1Cl)CC2. The van der Waals surface area contributed by atoms with E-state index in [1.807, 2.05) is 18.2 Å². The van der Waals surface area contributed by atoms with Crippen LogP contribution in [0.1, 0.15) is 17.5 Å². The van der Waals surface area contributed by atoms with Gasteiger partial charge in [-0.15, -0.1) is 0 Å². The van der Waals surface area contributed by atoms with E-state index >= 15 is 0 Å². The minimum Gasteiger partial charge on any atom is -0.497 e. The van der Waals surface area contributed by atoms with E-state index < -0.39 is 0 Å². The fraction of sp³-hybridized carbons (Fsp3) is 0.294. The molecule has 0 radical (unpaired) electrons. The third-order valence-corrected chi connectivity index (χ3v) is 4.48. The quantitative estimate of drug-likeness (QED) is 0.861. The van der Waals surface area contributed by atoms with Gasteiger partial charge in [0.25, 0.3) is 0 Å². The molecule has 1 unspecified atom stereocenters. The maximum atomic E-state index is 6.23. The zero-order valence-corrected chi connectivity index (χ0v) is 13.3. The standard InChI is InChI=1S/C17H17Cl2NO/c1-21-15-6-3-11-2-5-14(8-12(11)9-15)20-17-7-4-13(18)10-16(17)19/h3-4,6-7,9-10,14,20H,2,5,8H2,1H3. The molecule has 110 valence electrons. The van der Waals surface area contributed by atoms with Crippen LogP contribution >= 0.6 is 23.2 Å². The summed E-state index contributed by atoms with van der Waals surface area (Å²) in [5, 5.41) is 4.85. The molecule has 0 saturated carbocycles. The Hall–Kier alpha value is -1.38. The van der Waals surface area contributed by atoms with E-state index in [1.54, 1.807) is 13.2 Å². The number of benzene rings is 2. The number of ether oxygens (including phenoxy) is 1.